The average molecular weight is 402 g/mol. The highest BCUT2D eigenvalue weighted by Crippen LogP contribution is 2.26. The van der Waals surface area contributed by atoms with Gasteiger partial charge in [0.1, 0.15) is 17.3 Å². The van der Waals surface area contributed by atoms with E-state index in [4.69, 9.17) is 0 Å². The molecule has 4 aromatic rings. The zero-order chi connectivity index (χ0) is 21.3. The number of fused-ring (bicyclic) bond motifs is 1. The summed E-state index contributed by atoms with van der Waals surface area (Å²) >= 11 is 0. The largest absolute Gasteiger partial charge is 0.346 e. The topological polar surface area (TPSA) is 62.8 Å². The minimum absolute atomic E-state index is 0.0439. The Morgan fingerprint density at radius 3 is 2.30 bits per heavy atom. The van der Waals surface area contributed by atoms with Crippen LogP contribution in [-0.2, 0) is 4.79 Å². The third-order valence-electron chi connectivity index (χ3n) is 4.67. The summed E-state index contributed by atoms with van der Waals surface area (Å²) in [6.07, 6.45) is 6.70. The zero-order valence-corrected chi connectivity index (χ0v) is 15.9. The van der Waals surface area contributed by atoms with Gasteiger partial charge >= 0.3 is 0 Å². The summed E-state index contributed by atoms with van der Waals surface area (Å²) in [6.45, 7) is 1.48. The summed E-state index contributed by atoms with van der Waals surface area (Å²) in [5.41, 5.74) is 3.47. The van der Waals surface area contributed by atoms with Crippen molar-refractivity contribution in [3.05, 3.63) is 95.3 Å². The molecule has 0 aliphatic rings. The fourth-order valence-corrected chi connectivity index (χ4v) is 3.19. The van der Waals surface area contributed by atoms with Crippen LogP contribution in [-0.4, -0.2) is 21.5 Å². The van der Waals surface area contributed by atoms with Crippen molar-refractivity contribution in [3.63, 3.8) is 0 Å². The lowest BCUT2D eigenvalue weighted by Gasteiger charge is -2.05. The third-order valence-corrected chi connectivity index (χ3v) is 4.67. The molecule has 0 fully saturated rings. The van der Waals surface area contributed by atoms with E-state index in [1.165, 1.54) is 13.0 Å². The SMILES string of the molecule is CC(=O)/C=C/c1c[nH]c2ncc(-c3ccc(C(=O)c4cc(F)cc(F)c4)cc3)cc12. The number of nitrogens with zero attached hydrogens (tertiary/aromatic N) is 1. The van der Waals surface area contributed by atoms with Gasteiger partial charge in [-0.1, -0.05) is 24.3 Å². The smallest absolute Gasteiger partial charge is 0.193 e. The Hall–Kier alpha value is -3.93. The second-order valence-corrected chi connectivity index (χ2v) is 6.87. The molecule has 0 atom stereocenters. The minimum Gasteiger partial charge on any atom is -0.346 e. The van der Waals surface area contributed by atoms with Crippen LogP contribution in [0.5, 0.6) is 0 Å². The number of hydrogen-bond acceptors (Lipinski definition) is 3. The van der Waals surface area contributed by atoms with Gasteiger partial charge in [-0.2, -0.15) is 0 Å². The van der Waals surface area contributed by atoms with Gasteiger partial charge in [0, 0.05) is 46.1 Å². The number of aromatic nitrogens is 2. The van der Waals surface area contributed by atoms with Crippen molar-refractivity contribution < 1.29 is 18.4 Å². The van der Waals surface area contributed by atoms with Gasteiger partial charge in [-0.05, 0) is 42.8 Å². The normalized spacial score (nSPS) is 11.3. The molecule has 6 heteroatoms. The van der Waals surface area contributed by atoms with E-state index in [1.807, 2.05) is 6.07 Å². The fraction of sp³-hybridized carbons (Fsp3) is 0.0417. The summed E-state index contributed by atoms with van der Waals surface area (Å²) in [4.78, 5) is 31.2. The van der Waals surface area contributed by atoms with Crippen molar-refractivity contribution in [2.45, 2.75) is 6.92 Å². The molecule has 2 aromatic heterocycles. The number of benzene rings is 2. The highest BCUT2D eigenvalue weighted by molar-refractivity contribution is 6.09. The monoisotopic (exact) mass is 402 g/mol. The molecule has 0 radical (unpaired) electrons. The molecule has 0 aliphatic heterocycles. The number of H-pyrrole nitrogens is 1. The van der Waals surface area contributed by atoms with Crippen LogP contribution in [0.2, 0.25) is 0 Å². The number of ketones is 2. The lowest BCUT2D eigenvalue weighted by Crippen LogP contribution is -2.02. The summed E-state index contributed by atoms with van der Waals surface area (Å²) < 4.78 is 26.8. The van der Waals surface area contributed by atoms with E-state index >= 15 is 0 Å². The number of allylic oxidation sites excluding steroid dienone is 1. The number of rotatable bonds is 5. The van der Waals surface area contributed by atoms with E-state index in [0.717, 1.165) is 40.3 Å². The molecule has 148 valence electrons. The number of aromatic amines is 1. The van der Waals surface area contributed by atoms with Crippen LogP contribution in [0.4, 0.5) is 8.78 Å². The van der Waals surface area contributed by atoms with Crippen molar-refractivity contribution >= 4 is 28.7 Å². The predicted molar refractivity (Wildman–Crippen MR) is 111 cm³/mol. The summed E-state index contributed by atoms with van der Waals surface area (Å²) in [7, 11) is 0. The van der Waals surface area contributed by atoms with Crippen LogP contribution in [0, 0.1) is 11.6 Å². The number of nitrogens with one attached hydrogen (secondary N) is 1. The average Bonchev–Trinajstić information content (AvgIpc) is 3.13. The number of carbonyl (C=O) groups is 2. The maximum absolute atomic E-state index is 13.4. The Bertz CT molecular complexity index is 1280. The highest BCUT2D eigenvalue weighted by atomic mass is 19.1. The maximum atomic E-state index is 13.4. The first-order chi connectivity index (χ1) is 14.4. The predicted octanol–water partition coefficient (Wildman–Crippen LogP) is 5.34. The number of hydrogen-bond donors (Lipinski definition) is 1. The standard InChI is InChI=1S/C24H16F2N2O2/c1-14(29)2-3-17-12-27-24-22(17)10-19(13-28-24)15-4-6-16(7-5-15)23(30)18-8-20(25)11-21(26)9-18/h2-13H,1H3,(H,27,28)/b3-2+. The van der Waals surface area contributed by atoms with E-state index < -0.39 is 17.4 Å². The second kappa shape index (κ2) is 7.83. The molecule has 4 rings (SSSR count). The molecule has 2 heterocycles. The van der Waals surface area contributed by atoms with Crippen molar-refractivity contribution in [2.24, 2.45) is 0 Å². The van der Waals surface area contributed by atoms with E-state index in [2.05, 4.69) is 9.97 Å². The lowest BCUT2D eigenvalue weighted by molar-refractivity contribution is -0.112. The highest BCUT2D eigenvalue weighted by Gasteiger charge is 2.13. The molecule has 0 spiro atoms. The van der Waals surface area contributed by atoms with Gasteiger partial charge in [0.15, 0.2) is 11.6 Å². The van der Waals surface area contributed by atoms with Gasteiger partial charge in [0.2, 0.25) is 0 Å². The maximum Gasteiger partial charge on any atom is 0.193 e. The summed E-state index contributed by atoms with van der Waals surface area (Å²) in [5.74, 6) is -2.10. The number of pyridine rings is 1. The van der Waals surface area contributed by atoms with Crippen LogP contribution < -0.4 is 0 Å². The van der Waals surface area contributed by atoms with E-state index in [1.54, 1.807) is 42.7 Å². The third kappa shape index (κ3) is 3.93. The lowest BCUT2D eigenvalue weighted by atomic mass is 9.99. The van der Waals surface area contributed by atoms with Crippen LogP contribution in [0.25, 0.3) is 28.2 Å². The molecular weight excluding hydrogens is 386 g/mol. The van der Waals surface area contributed by atoms with E-state index in [0.29, 0.717) is 11.2 Å². The first-order valence-electron chi connectivity index (χ1n) is 9.18. The molecule has 0 saturated heterocycles. The van der Waals surface area contributed by atoms with Crippen molar-refractivity contribution in [1.82, 2.24) is 9.97 Å². The Labute approximate surface area is 170 Å². The Kier molecular flexibility index (Phi) is 5.06. The van der Waals surface area contributed by atoms with Gasteiger partial charge in [-0.15, -0.1) is 0 Å². The van der Waals surface area contributed by atoms with Crippen molar-refractivity contribution in [1.29, 1.82) is 0 Å². The number of halogens is 2. The fourth-order valence-electron chi connectivity index (χ4n) is 3.19. The molecule has 0 aliphatic carbocycles. The van der Waals surface area contributed by atoms with Gasteiger partial charge in [-0.3, -0.25) is 9.59 Å². The molecule has 0 unspecified atom stereocenters. The van der Waals surface area contributed by atoms with Crippen molar-refractivity contribution in [2.75, 3.05) is 0 Å². The Morgan fingerprint density at radius 2 is 1.63 bits per heavy atom. The second-order valence-electron chi connectivity index (χ2n) is 6.87. The minimum atomic E-state index is -0.796. The van der Waals surface area contributed by atoms with Crippen LogP contribution in [0.3, 0.4) is 0 Å². The van der Waals surface area contributed by atoms with Gasteiger partial charge < -0.3 is 4.98 Å². The summed E-state index contributed by atoms with van der Waals surface area (Å²) in [5, 5.41) is 0.861. The molecular formula is C24H16F2N2O2. The molecule has 0 bridgehead atoms. The van der Waals surface area contributed by atoms with Gasteiger partial charge in [-0.25, -0.2) is 13.8 Å². The van der Waals surface area contributed by atoms with Crippen LogP contribution in [0.15, 0.2) is 67.0 Å². The molecule has 2 aromatic carbocycles. The number of carbonyl (C=O) groups excluding carboxylic acids is 2. The summed E-state index contributed by atoms with van der Waals surface area (Å²) in [6, 6.07) is 11.4. The first kappa shape index (κ1) is 19.4. The Balaban J connectivity index is 1.65. The van der Waals surface area contributed by atoms with Crippen LogP contribution in [0.1, 0.15) is 28.4 Å². The molecule has 0 saturated carbocycles. The van der Waals surface area contributed by atoms with Gasteiger partial charge in [0.05, 0.1) is 0 Å². The van der Waals surface area contributed by atoms with Crippen molar-refractivity contribution in [3.8, 4) is 11.1 Å². The van der Waals surface area contributed by atoms with E-state index in [9.17, 15) is 18.4 Å². The quantitative estimate of drug-likeness (QED) is 0.362. The van der Waals surface area contributed by atoms with Gasteiger partial charge in [0.25, 0.3) is 0 Å². The Morgan fingerprint density at radius 1 is 0.933 bits per heavy atom. The molecule has 1 N–H and O–H groups in total. The zero-order valence-electron chi connectivity index (χ0n) is 15.9. The first-order valence-corrected chi connectivity index (χ1v) is 9.18. The molecule has 4 nitrogen and oxygen atoms in total. The van der Waals surface area contributed by atoms with E-state index in [-0.39, 0.29) is 11.3 Å². The molecule has 0 amide bonds. The molecule has 30 heavy (non-hydrogen) atoms. The van der Waals surface area contributed by atoms with Crippen LogP contribution >= 0.6 is 0 Å².